The lowest BCUT2D eigenvalue weighted by atomic mass is 10.3. The first-order chi connectivity index (χ1) is 9.51. The minimum Gasteiger partial charge on any atom is -0.494 e. The minimum absolute atomic E-state index is 0.0979. The molecule has 0 bridgehead atoms. The number of aromatic nitrogens is 1. The zero-order valence-corrected chi connectivity index (χ0v) is 13.1. The van der Waals surface area contributed by atoms with Crippen LogP contribution in [0.5, 0.6) is 5.75 Å². The summed E-state index contributed by atoms with van der Waals surface area (Å²) in [7, 11) is -3.64. The molecule has 2 aromatic rings. The Hall–Kier alpha value is -1.60. The van der Waals surface area contributed by atoms with E-state index in [1.165, 1.54) is 18.5 Å². The molecule has 106 valence electrons. The van der Waals surface area contributed by atoms with Crippen LogP contribution in [-0.4, -0.2) is 20.0 Å². The SMILES string of the molecule is CCOc1ccc(NS(=O)(=O)c2cncc(Br)c2)cc1. The summed E-state index contributed by atoms with van der Waals surface area (Å²) in [6.45, 7) is 2.45. The van der Waals surface area contributed by atoms with E-state index in [4.69, 9.17) is 4.74 Å². The van der Waals surface area contributed by atoms with Crippen LogP contribution in [0.25, 0.3) is 0 Å². The third kappa shape index (κ3) is 3.71. The van der Waals surface area contributed by atoms with Gasteiger partial charge in [-0.1, -0.05) is 0 Å². The van der Waals surface area contributed by atoms with Gasteiger partial charge in [0.25, 0.3) is 10.0 Å². The maximum Gasteiger partial charge on any atom is 0.263 e. The largest absolute Gasteiger partial charge is 0.494 e. The normalized spacial score (nSPS) is 11.1. The first kappa shape index (κ1) is 14.8. The molecule has 1 aromatic heterocycles. The number of nitrogens with zero attached hydrogens (tertiary/aromatic N) is 1. The van der Waals surface area contributed by atoms with Gasteiger partial charge in [0.2, 0.25) is 0 Å². The fourth-order valence-corrected chi connectivity index (χ4v) is 3.10. The number of halogens is 1. The molecular weight excluding hydrogens is 344 g/mol. The van der Waals surface area contributed by atoms with E-state index in [1.807, 2.05) is 6.92 Å². The molecule has 2 rings (SSSR count). The zero-order chi connectivity index (χ0) is 14.6. The van der Waals surface area contributed by atoms with Crippen molar-refractivity contribution in [2.75, 3.05) is 11.3 Å². The summed E-state index contributed by atoms with van der Waals surface area (Å²) in [5, 5.41) is 0. The summed E-state index contributed by atoms with van der Waals surface area (Å²) in [6.07, 6.45) is 2.82. The van der Waals surface area contributed by atoms with Gasteiger partial charge in [0.1, 0.15) is 10.6 Å². The van der Waals surface area contributed by atoms with Crippen molar-refractivity contribution < 1.29 is 13.2 Å². The van der Waals surface area contributed by atoms with Crippen LogP contribution in [0.2, 0.25) is 0 Å². The molecule has 0 aliphatic heterocycles. The Balaban J connectivity index is 2.20. The molecule has 7 heteroatoms. The Morgan fingerprint density at radius 1 is 1.25 bits per heavy atom. The minimum atomic E-state index is -3.64. The summed E-state index contributed by atoms with van der Waals surface area (Å²) in [5.41, 5.74) is 0.466. The van der Waals surface area contributed by atoms with Gasteiger partial charge in [0, 0.05) is 22.6 Å². The molecule has 0 fully saturated rings. The predicted octanol–water partition coefficient (Wildman–Crippen LogP) is 3.04. The van der Waals surface area contributed by atoms with Gasteiger partial charge in [0.15, 0.2) is 0 Å². The molecule has 5 nitrogen and oxygen atoms in total. The Kier molecular flexibility index (Phi) is 4.61. The van der Waals surface area contributed by atoms with Gasteiger partial charge in [-0.25, -0.2) is 8.42 Å². The van der Waals surface area contributed by atoms with Crippen molar-refractivity contribution in [3.63, 3.8) is 0 Å². The number of sulfonamides is 1. The van der Waals surface area contributed by atoms with Gasteiger partial charge < -0.3 is 4.74 Å². The summed E-state index contributed by atoms with van der Waals surface area (Å²) in [4.78, 5) is 3.94. The summed E-state index contributed by atoms with van der Waals surface area (Å²) in [6, 6.07) is 8.20. The van der Waals surface area contributed by atoms with Crippen LogP contribution in [0, 0.1) is 0 Å². The number of ether oxygens (including phenoxy) is 1. The predicted molar refractivity (Wildman–Crippen MR) is 80.4 cm³/mol. The lowest BCUT2D eigenvalue weighted by Gasteiger charge is -2.09. The topological polar surface area (TPSA) is 68.3 Å². The Labute approximate surface area is 126 Å². The third-order valence-corrected chi connectivity index (χ3v) is 4.19. The van der Waals surface area contributed by atoms with Gasteiger partial charge in [-0.2, -0.15) is 0 Å². The van der Waals surface area contributed by atoms with Gasteiger partial charge in [-0.05, 0) is 53.2 Å². The molecule has 0 saturated heterocycles. The van der Waals surface area contributed by atoms with Crippen molar-refractivity contribution in [2.24, 2.45) is 0 Å². The highest BCUT2D eigenvalue weighted by molar-refractivity contribution is 9.10. The third-order valence-electron chi connectivity index (χ3n) is 2.41. The molecule has 1 N–H and O–H groups in total. The monoisotopic (exact) mass is 356 g/mol. The highest BCUT2D eigenvalue weighted by Gasteiger charge is 2.14. The molecule has 0 spiro atoms. The van der Waals surface area contributed by atoms with E-state index in [9.17, 15) is 8.42 Å². The Morgan fingerprint density at radius 2 is 1.95 bits per heavy atom. The number of anilines is 1. The molecule has 1 heterocycles. The van der Waals surface area contributed by atoms with Crippen molar-refractivity contribution in [3.05, 3.63) is 47.2 Å². The second-order valence-electron chi connectivity index (χ2n) is 3.90. The summed E-state index contributed by atoms with van der Waals surface area (Å²) in [5.74, 6) is 0.694. The number of hydrogen-bond acceptors (Lipinski definition) is 4. The van der Waals surface area contributed by atoms with Crippen LogP contribution in [0.15, 0.2) is 52.1 Å². The van der Waals surface area contributed by atoms with E-state index in [2.05, 4.69) is 25.6 Å². The van der Waals surface area contributed by atoms with E-state index >= 15 is 0 Å². The number of pyridine rings is 1. The molecule has 20 heavy (non-hydrogen) atoms. The molecule has 0 atom stereocenters. The van der Waals surface area contributed by atoms with E-state index in [1.54, 1.807) is 24.3 Å². The van der Waals surface area contributed by atoms with E-state index < -0.39 is 10.0 Å². The van der Waals surface area contributed by atoms with Crippen LogP contribution in [0.3, 0.4) is 0 Å². The molecule has 0 radical (unpaired) electrons. The summed E-state index contributed by atoms with van der Waals surface area (Å²) >= 11 is 3.20. The van der Waals surface area contributed by atoms with Crippen LogP contribution in [-0.2, 0) is 10.0 Å². The van der Waals surface area contributed by atoms with E-state index in [-0.39, 0.29) is 4.90 Å². The van der Waals surface area contributed by atoms with Crippen molar-refractivity contribution in [2.45, 2.75) is 11.8 Å². The number of benzene rings is 1. The highest BCUT2D eigenvalue weighted by atomic mass is 79.9. The standard InChI is InChI=1S/C13H13BrN2O3S/c1-2-19-12-5-3-11(4-6-12)16-20(17,18)13-7-10(14)8-15-9-13/h3-9,16H,2H2,1H3. The Morgan fingerprint density at radius 3 is 2.55 bits per heavy atom. The maximum atomic E-state index is 12.2. The first-order valence-electron chi connectivity index (χ1n) is 5.87. The highest BCUT2D eigenvalue weighted by Crippen LogP contribution is 2.20. The van der Waals surface area contributed by atoms with E-state index in [0.29, 0.717) is 22.5 Å². The lowest BCUT2D eigenvalue weighted by molar-refractivity contribution is 0.340. The number of hydrogen-bond donors (Lipinski definition) is 1. The molecular formula is C13H13BrN2O3S. The van der Waals surface area contributed by atoms with E-state index in [0.717, 1.165) is 0 Å². The molecule has 0 aliphatic rings. The average molecular weight is 357 g/mol. The lowest BCUT2D eigenvalue weighted by Crippen LogP contribution is -2.13. The molecule has 0 unspecified atom stereocenters. The van der Waals surface area contributed by atoms with Gasteiger partial charge in [-0.15, -0.1) is 0 Å². The maximum absolute atomic E-state index is 12.2. The van der Waals surface area contributed by atoms with Gasteiger partial charge >= 0.3 is 0 Å². The molecule has 0 saturated carbocycles. The van der Waals surface area contributed by atoms with Gasteiger partial charge in [0.05, 0.1) is 6.61 Å². The zero-order valence-electron chi connectivity index (χ0n) is 10.7. The van der Waals surface area contributed by atoms with Crippen molar-refractivity contribution in [3.8, 4) is 5.75 Å². The number of rotatable bonds is 5. The quantitative estimate of drug-likeness (QED) is 0.893. The fourth-order valence-electron chi connectivity index (χ4n) is 1.54. The average Bonchev–Trinajstić information content (AvgIpc) is 2.41. The van der Waals surface area contributed by atoms with Crippen LogP contribution in [0.4, 0.5) is 5.69 Å². The van der Waals surface area contributed by atoms with Crippen molar-refractivity contribution in [1.29, 1.82) is 0 Å². The van der Waals surface area contributed by atoms with Crippen LogP contribution in [0.1, 0.15) is 6.92 Å². The fraction of sp³-hybridized carbons (Fsp3) is 0.154. The Bertz CT molecular complexity index is 687. The van der Waals surface area contributed by atoms with Crippen molar-refractivity contribution >= 4 is 31.6 Å². The molecule has 0 amide bonds. The molecule has 1 aromatic carbocycles. The number of nitrogens with one attached hydrogen (secondary N) is 1. The van der Waals surface area contributed by atoms with Crippen LogP contribution >= 0.6 is 15.9 Å². The summed E-state index contributed by atoms with van der Waals surface area (Å²) < 4.78 is 32.7. The van der Waals surface area contributed by atoms with Crippen LogP contribution < -0.4 is 9.46 Å². The first-order valence-corrected chi connectivity index (χ1v) is 8.15. The second-order valence-corrected chi connectivity index (χ2v) is 6.50. The van der Waals surface area contributed by atoms with Crippen molar-refractivity contribution in [1.82, 2.24) is 4.98 Å². The molecule has 0 aliphatic carbocycles. The smallest absolute Gasteiger partial charge is 0.263 e. The second kappa shape index (κ2) is 6.23. The van der Waals surface area contributed by atoms with Gasteiger partial charge in [-0.3, -0.25) is 9.71 Å².